The SMILES string of the molecule is CCc1nc(CNc2cccc(Cl)c2[N+](=O)[O-])co1. The van der Waals surface area contributed by atoms with Crippen LogP contribution in [0, 0.1) is 10.1 Å². The minimum absolute atomic E-state index is 0.101. The molecule has 1 heterocycles. The minimum Gasteiger partial charge on any atom is -0.449 e. The Hall–Kier alpha value is -2.08. The zero-order valence-corrected chi connectivity index (χ0v) is 11.0. The number of rotatable bonds is 5. The molecule has 2 rings (SSSR count). The first kappa shape index (κ1) is 13.4. The van der Waals surface area contributed by atoms with Crippen LogP contribution < -0.4 is 5.32 Å². The van der Waals surface area contributed by atoms with E-state index in [2.05, 4.69) is 10.3 Å². The van der Waals surface area contributed by atoms with E-state index in [9.17, 15) is 10.1 Å². The number of anilines is 1. The van der Waals surface area contributed by atoms with Gasteiger partial charge in [0.15, 0.2) is 5.89 Å². The van der Waals surface area contributed by atoms with Crippen molar-refractivity contribution in [3.8, 4) is 0 Å². The van der Waals surface area contributed by atoms with Gasteiger partial charge in [0.1, 0.15) is 17.0 Å². The van der Waals surface area contributed by atoms with Crippen LogP contribution in [0.3, 0.4) is 0 Å². The molecule has 0 aliphatic carbocycles. The number of nitrogens with zero attached hydrogens (tertiary/aromatic N) is 2. The molecule has 1 N–H and O–H groups in total. The van der Waals surface area contributed by atoms with E-state index < -0.39 is 4.92 Å². The molecule has 0 saturated carbocycles. The lowest BCUT2D eigenvalue weighted by atomic mass is 10.2. The van der Waals surface area contributed by atoms with Gasteiger partial charge >= 0.3 is 5.69 Å². The molecule has 0 saturated heterocycles. The normalized spacial score (nSPS) is 10.4. The molecule has 0 fully saturated rings. The van der Waals surface area contributed by atoms with E-state index in [4.69, 9.17) is 16.0 Å². The van der Waals surface area contributed by atoms with Crippen LogP contribution in [0.1, 0.15) is 18.5 Å². The highest BCUT2D eigenvalue weighted by Crippen LogP contribution is 2.32. The fourth-order valence-electron chi connectivity index (χ4n) is 1.62. The summed E-state index contributed by atoms with van der Waals surface area (Å²) in [7, 11) is 0. The lowest BCUT2D eigenvalue weighted by molar-refractivity contribution is -0.383. The summed E-state index contributed by atoms with van der Waals surface area (Å²) in [4.78, 5) is 14.7. The largest absolute Gasteiger partial charge is 0.449 e. The zero-order valence-electron chi connectivity index (χ0n) is 10.2. The van der Waals surface area contributed by atoms with Crippen molar-refractivity contribution in [2.45, 2.75) is 19.9 Å². The van der Waals surface area contributed by atoms with E-state index in [-0.39, 0.29) is 10.7 Å². The van der Waals surface area contributed by atoms with Crippen LogP contribution >= 0.6 is 11.6 Å². The molecule has 0 amide bonds. The molecular formula is C12H12ClN3O3. The summed E-state index contributed by atoms with van der Waals surface area (Å²) in [5, 5.41) is 14.0. The predicted octanol–water partition coefficient (Wildman–Crippen LogP) is 3.41. The van der Waals surface area contributed by atoms with Gasteiger partial charge in [-0.2, -0.15) is 0 Å². The summed E-state index contributed by atoms with van der Waals surface area (Å²) in [5.74, 6) is 0.636. The number of oxazole rings is 1. The summed E-state index contributed by atoms with van der Waals surface area (Å²) >= 11 is 5.82. The highest BCUT2D eigenvalue weighted by molar-refractivity contribution is 6.33. The highest BCUT2D eigenvalue weighted by atomic mass is 35.5. The Morgan fingerprint density at radius 2 is 2.32 bits per heavy atom. The summed E-state index contributed by atoms with van der Waals surface area (Å²) < 4.78 is 5.19. The van der Waals surface area contributed by atoms with E-state index in [0.29, 0.717) is 30.2 Å². The molecule has 1 aromatic carbocycles. The van der Waals surface area contributed by atoms with Gasteiger partial charge in [-0.3, -0.25) is 10.1 Å². The number of aryl methyl sites for hydroxylation is 1. The van der Waals surface area contributed by atoms with Gasteiger partial charge in [0.05, 0.1) is 17.2 Å². The molecule has 7 heteroatoms. The number of hydrogen-bond donors (Lipinski definition) is 1. The van der Waals surface area contributed by atoms with Crippen molar-refractivity contribution in [1.82, 2.24) is 4.98 Å². The average molecular weight is 282 g/mol. The Labute approximate surface area is 114 Å². The fraction of sp³-hybridized carbons (Fsp3) is 0.250. The van der Waals surface area contributed by atoms with Gasteiger partial charge in [0, 0.05) is 6.42 Å². The fourth-order valence-corrected chi connectivity index (χ4v) is 1.87. The zero-order chi connectivity index (χ0) is 13.8. The average Bonchev–Trinajstić information content (AvgIpc) is 2.83. The number of para-hydroxylation sites is 1. The number of benzene rings is 1. The number of hydrogen-bond acceptors (Lipinski definition) is 5. The Morgan fingerprint density at radius 3 is 2.95 bits per heavy atom. The molecule has 0 aliphatic rings. The van der Waals surface area contributed by atoms with Crippen LogP contribution in [-0.2, 0) is 13.0 Å². The van der Waals surface area contributed by atoms with Crippen LogP contribution in [0.25, 0.3) is 0 Å². The maximum atomic E-state index is 11.0. The predicted molar refractivity (Wildman–Crippen MR) is 71.3 cm³/mol. The van der Waals surface area contributed by atoms with Gasteiger partial charge in [-0.1, -0.05) is 24.6 Å². The number of nitrogens with one attached hydrogen (secondary N) is 1. The lowest BCUT2D eigenvalue weighted by Gasteiger charge is -2.05. The second-order valence-corrected chi connectivity index (χ2v) is 4.24. The summed E-state index contributed by atoms with van der Waals surface area (Å²) in [6.45, 7) is 2.27. The third kappa shape index (κ3) is 3.03. The van der Waals surface area contributed by atoms with E-state index in [1.165, 1.54) is 12.3 Å². The molecule has 0 radical (unpaired) electrons. The van der Waals surface area contributed by atoms with Crippen molar-refractivity contribution in [1.29, 1.82) is 0 Å². The van der Waals surface area contributed by atoms with Crippen molar-refractivity contribution < 1.29 is 9.34 Å². The van der Waals surface area contributed by atoms with E-state index in [1.54, 1.807) is 12.1 Å². The monoisotopic (exact) mass is 281 g/mol. The van der Waals surface area contributed by atoms with Gasteiger partial charge < -0.3 is 9.73 Å². The molecule has 0 atom stereocenters. The minimum atomic E-state index is -0.509. The van der Waals surface area contributed by atoms with Crippen molar-refractivity contribution in [3.63, 3.8) is 0 Å². The maximum Gasteiger partial charge on any atom is 0.310 e. The van der Waals surface area contributed by atoms with Gasteiger partial charge in [-0.05, 0) is 12.1 Å². The number of nitro benzene ring substituents is 1. The molecule has 19 heavy (non-hydrogen) atoms. The first-order valence-corrected chi connectivity index (χ1v) is 6.09. The first-order chi connectivity index (χ1) is 9.11. The number of nitro groups is 1. The third-order valence-electron chi connectivity index (χ3n) is 2.53. The van der Waals surface area contributed by atoms with Gasteiger partial charge in [0.2, 0.25) is 0 Å². The second kappa shape index (κ2) is 5.71. The molecule has 0 bridgehead atoms. The van der Waals surface area contributed by atoms with Crippen LogP contribution in [-0.4, -0.2) is 9.91 Å². The number of aromatic nitrogens is 1. The van der Waals surface area contributed by atoms with Crippen molar-refractivity contribution >= 4 is 23.0 Å². The molecule has 0 unspecified atom stereocenters. The summed E-state index contributed by atoms with van der Waals surface area (Å²) in [6, 6.07) is 4.74. The lowest BCUT2D eigenvalue weighted by Crippen LogP contribution is -2.03. The molecule has 6 nitrogen and oxygen atoms in total. The Bertz CT molecular complexity index is 598. The molecule has 2 aromatic rings. The second-order valence-electron chi connectivity index (χ2n) is 3.83. The quantitative estimate of drug-likeness (QED) is 0.671. The summed E-state index contributed by atoms with van der Waals surface area (Å²) in [5.41, 5.74) is 0.910. The standard InChI is InChI=1S/C12H12ClN3O3/c1-2-11-15-8(7-19-11)6-14-10-5-3-4-9(13)12(10)16(17)18/h3-5,7,14H,2,6H2,1H3. The Kier molecular flexibility index (Phi) is 4.01. The van der Waals surface area contributed by atoms with E-state index in [0.717, 1.165) is 0 Å². The summed E-state index contributed by atoms with van der Waals surface area (Å²) in [6.07, 6.45) is 2.24. The number of halogens is 1. The Morgan fingerprint density at radius 1 is 1.53 bits per heavy atom. The van der Waals surface area contributed by atoms with Crippen molar-refractivity contribution in [2.24, 2.45) is 0 Å². The van der Waals surface area contributed by atoms with E-state index in [1.807, 2.05) is 6.92 Å². The molecule has 0 aliphatic heterocycles. The van der Waals surface area contributed by atoms with Crippen LogP contribution in [0.4, 0.5) is 11.4 Å². The van der Waals surface area contributed by atoms with Crippen LogP contribution in [0.5, 0.6) is 0 Å². The topological polar surface area (TPSA) is 81.2 Å². The molecule has 100 valence electrons. The first-order valence-electron chi connectivity index (χ1n) is 5.72. The molecular weight excluding hydrogens is 270 g/mol. The van der Waals surface area contributed by atoms with Gasteiger partial charge in [-0.15, -0.1) is 0 Å². The smallest absolute Gasteiger partial charge is 0.310 e. The van der Waals surface area contributed by atoms with E-state index >= 15 is 0 Å². The van der Waals surface area contributed by atoms with Crippen LogP contribution in [0.15, 0.2) is 28.9 Å². The van der Waals surface area contributed by atoms with Crippen molar-refractivity contribution in [2.75, 3.05) is 5.32 Å². The van der Waals surface area contributed by atoms with Crippen LogP contribution in [0.2, 0.25) is 5.02 Å². The maximum absolute atomic E-state index is 11.0. The Balaban J connectivity index is 2.15. The van der Waals surface area contributed by atoms with Gasteiger partial charge in [0.25, 0.3) is 0 Å². The van der Waals surface area contributed by atoms with Gasteiger partial charge in [-0.25, -0.2) is 4.98 Å². The molecule has 1 aromatic heterocycles. The molecule has 0 spiro atoms. The highest BCUT2D eigenvalue weighted by Gasteiger charge is 2.18. The third-order valence-corrected chi connectivity index (χ3v) is 2.84. The van der Waals surface area contributed by atoms with Crippen molar-refractivity contribution in [3.05, 3.63) is 51.2 Å².